The fourth-order valence-electron chi connectivity index (χ4n) is 4.17. The molecule has 0 aliphatic carbocycles. The second-order valence-electron chi connectivity index (χ2n) is 6.68. The average Bonchev–Trinajstić information content (AvgIpc) is 3.37. The molecule has 4 aliphatic rings. The molecule has 1 N–H and O–H groups in total. The highest BCUT2D eigenvalue weighted by Gasteiger charge is 2.43. The number of carbonyl (C=O) groups is 1. The van der Waals surface area contributed by atoms with Crippen LogP contribution in [-0.4, -0.2) is 26.1 Å². The second kappa shape index (κ2) is 5.04. The number of nitrogens with one attached hydrogen (secondary N) is 1. The fourth-order valence-corrected chi connectivity index (χ4v) is 4.17. The number of hydrogen-bond donors (Lipinski definition) is 1. The third-order valence-electron chi connectivity index (χ3n) is 5.35. The summed E-state index contributed by atoms with van der Waals surface area (Å²) in [5, 5.41) is 3.49. The fraction of sp³-hybridized carbons (Fsp3) is 0.316. The van der Waals surface area contributed by atoms with Gasteiger partial charge in [-0.05, 0) is 42.3 Å². The molecule has 0 amide bonds. The molecule has 0 unspecified atom stereocenters. The van der Waals surface area contributed by atoms with Crippen molar-refractivity contribution in [2.24, 2.45) is 0 Å². The first-order valence-electron chi connectivity index (χ1n) is 8.59. The summed E-state index contributed by atoms with van der Waals surface area (Å²) in [5.74, 6) is 2.20. The van der Waals surface area contributed by atoms with Crippen LogP contribution in [0.15, 0.2) is 24.3 Å². The quantitative estimate of drug-likeness (QED) is 0.788. The van der Waals surface area contributed by atoms with Crippen LogP contribution < -0.4 is 24.3 Å². The van der Waals surface area contributed by atoms with Crippen LogP contribution in [0.25, 0.3) is 0 Å². The van der Waals surface area contributed by atoms with Crippen molar-refractivity contribution in [3.8, 4) is 23.0 Å². The molecule has 0 saturated carbocycles. The third-order valence-corrected chi connectivity index (χ3v) is 5.35. The Morgan fingerprint density at radius 3 is 2.65 bits per heavy atom. The van der Waals surface area contributed by atoms with Crippen molar-refractivity contribution in [1.82, 2.24) is 5.32 Å². The summed E-state index contributed by atoms with van der Waals surface area (Å²) in [6.45, 7) is 1.16. The first-order chi connectivity index (χ1) is 12.8. The van der Waals surface area contributed by atoms with Crippen molar-refractivity contribution in [3.63, 3.8) is 0 Å². The molecule has 0 bridgehead atoms. The van der Waals surface area contributed by atoms with Gasteiger partial charge < -0.3 is 29.0 Å². The summed E-state index contributed by atoms with van der Waals surface area (Å²) in [6.07, 6.45) is 0.461. The van der Waals surface area contributed by atoms with Gasteiger partial charge in [0.25, 0.3) is 0 Å². The van der Waals surface area contributed by atoms with E-state index in [4.69, 9.17) is 23.7 Å². The van der Waals surface area contributed by atoms with E-state index in [1.807, 2.05) is 24.3 Å². The van der Waals surface area contributed by atoms with Gasteiger partial charge in [0.1, 0.15) is 11.7 Å². The van der Waals surface area contributed by atoms with Crippen molar-refractivity contribution in [2.75, 3.05) is 20.1 Å². The molecule has 132 valence electrons. The molecular formula is C19H15NO6. The van der Waals surface area contributed by atoms with Crippen LogP contribution in [0.4, 0.5) is 0 Å². The lowest BCUT2D eigenvalue weighted by molar-refractivity contribution is 0.0284. The summed E-state index contributed by atoms with van der Waals surface area (Å²) in [7, 11) is 0. The number of esters is 1. The zero-order chi connectivity index (χ0) is 17.3. The molecule has 4 aliphatic heterocycles. The lowest BCUT2D eigenvalue weighted by atomic mass is 9.87. The van der Waals surface area contributed by atoms with E-state index in [1.165, 1.54) is 5.56 Å². The minimum Gasteiger partial charge on any atom is -0.454 e. The maximum Gasteiger partial charge on any atom is 0.343 e. The standard InChI is InChI=1S/C19H15NO6/c21-19-15-10(1-2-12-18(15)25-8-22-12)17(26-19)16-11-6-14-13(23-7-24-14)5-9(11)3-4-20-16/h1-2,5-6,16-17,20H,3-4,7-8H2/t16-,17-/m1/s1. The molecule has 26 heavy (non-hydrogen) atoms. The Balaban J connectivity index is 1.46. The van der Waals surface area contributed by atoms with Gasteiger partial charge in [0.05, 0.1) is 6.04 Å². The van der Waals surface area contributed by atoms with E-state index in [1.54, 1.807) is 0 Å². The second-order valence-corrected chi connectivity index (χ2v) is 6.68. The van der Waals surface area contributed by atoms with E-state index < -0.39 is 6.10 Å². The van der Waals surface area contributed by atoms with Gasteiger partial charge in [-0.3, -0.25) is 0 Å². The maximum atomic E-state index is 12.5. The molecule has 0 fully saturated rings. The average molecular weight is 353 g/mol. The van der Waals surface area contributed by atoms with Crippen LogP contribution in [-0.2, 0) is 11.2 Å². The Kier molecular flexibility index (Phi) is 2.77. The molecule has 0 aromatic heterocycles. The number of ether oxygens (including phenoxy) is 5. The Morgan fingerprint density at radius 1 is 0.923 bits per heavy atom. The number of rotatable bonds is 1. The van der Waals surface area contributed by atoms with E-state index in [0.29, 0.717) is 17.1 Å². The maximum absolute atomic E-state index is 12.5. The smallest absolute Gasteiger partial charge is 0.343 e. The van der Waals surface area contributed by atoms with Crippen LogP contribution >= 0.6 is 0 Å². The van der Waals surface area contributed by atoms with Crippen molar-refractivity contribution in [2.45, 2.75) is 18.6 Å². The van der Waals surface area contributed by atoms with Crippen LogP contribution in [0, 0.1) is 0 Å². The number of hydrogen-bond acceptors (Lipinski definition) is 7. The SMILES string of the molecule is O=C1O[C@@H]([C@@H]2NCCc3cc4c(cc32)OCO4)c2ccc3c(c21)OCO3. The van der Waals surface area contributed by atoms with Gasteiger partial charge in [-0.2, -0.15) is 0 Å². The van der Waals surface area contributed by atoms with Crippen molar-refractivity contribution in [1.29, 1.82) is 0 Å². The zero-order valence-electron chi connectivity index (χ0n) is 13.7. The minimum atomic E-state index is -0.425. The van der Waals surface area contributed by atoms with Gasteiger partial charge in [-0.15, -0.1) is 0 Å². The van der Waals surface area contributed by atoms with E-state index in [2.05, 4.69) is 5.32 Å². The summed E-state index contributed by atoms with van der Waals surface area (Å²) < 4.78 is 27.7. The summed E-state index contributed by atoms with van der Waals surface area (Å²) in [5.41, 5.74) is 3.55. The minimum absolute atomic E-state index is 0.123. The Morgan fingerprint density at radius 2 is 1.73 bits per heavy atom. The highest BCUT2D eigenvalue weighted by Crippen LogP contribution is 2.49. The molecule has 6 rings (SSSR count). The first-order valence-corrected chi connectivity index (χ1v) is 8.59. The summed E-state index contributed by atoms with van der Waals surface area (Å²) >= 11 is 0. The van der Waals surface area contributed by atoms with Gasteiger partial charge in [0.2, 0.25) is 13.6 Å². The highest BCUT2D eigenvalue weighted by atomic mass is 16.7. The zero-order valence-corrected chi connectivity index (χ0v) is 13.7. The number of benzene rings is 2. The molecule has 2 atom stereocenters. The molecule has 0 saturated heterocycles. The van der Waals surface area contributed by atoms with Crippen LogP contribution in [0.3, 0.4) is 0 Å². The monoisotopic (exact) mass is 353 g/mol. The predicted molar refractivity (Wildman–Crippen MR) is 87.7 cm³/mol. The van der Waals surface area contributed by atoms with Gasteiger partial charge in [0, 0.05) is 5.56 Å². The molecule has 2 aromatic rings. The number of carbonyl (C=O) groups excluding carboxylic acids is 1. The predicted octanol–water partition coefficient (Wildman–Crippen LogP) is 2.24. The van der Waals surface area contributed by atoms with Crippen molar-refractivity contribution < 1.29 is 28.5 Å². The number of fused-ring (bicyclic) bond motifs is 5. The van der Waals surface area contributed by atoms with E-state index in [9.17, 15) is 4.79 Å². The molecule has 0 spiro atoms. The van der Waals surface area contributed by atoms with Gasteiger partial charge in [-0.25, -0.2) is 4.79 Å². The topological polar surface area (TPSA) is 75.3 Å². The Labute approximate surface area is 148 Å². The first kappa shape index (κ1) is 14.3. The Bertz CT molecular complexity index is 956. The van der Waals surface area contributed by atoms with E-state index >= 15 is 0 Å². The van der Waals surface area contributed by atoms with Crippen molar-refractivity contribution in [3.05, 3.63) is 46.5 Å². The van der Waals surface area contributed by atoms with Gasteiger partial charge >= 0.3 is 5.97 Å². The Hall–Kier alpha value is -2.93. The molecule has 4 heterocycles. The van der Waals surface area contributed by atoms with Gasteiger partial charge in [0.15, 0.2) is 23.0 Å². The van der Waals surface area contributed by atoms with Crippen molar-refractivity contribution >= 4 is 5.97 Å². The molecular weight excluding hydrogens is 338 g/mol. The van der Waals surface area contributed by atoms with Gasteiger partial charge in [-0.1, -0.05) is 6.07 Å². The lowest BCUT2D eigenvalue weighted by Gasteiger charge is -2.31. The van der Waals surface area contributed by atoms with Crippen LogP contribution in [0.5, 0.6) is 23.0 Å². The third kappa shape index (κ3) is 1.83. The normalized spacial score (nSPS) is 24.2. The highest BCUT2D eigenvalue weighted by molar-refractivity contribution is 5.98. The molecule has 2 aromatic carbocycles. The summed E-state index contributed by atoms with van der Waals surface area (Å²) in [4.78, 5) is 12.5. The molecule has 7 heteroatoms. The van der Waals surface area contributed by atoms with E-state index in [-0.39, 0.29) is 25.6 Å². The van der Waals surface area contributed by atoms with Crippen LogP contribution in [0.1, 0.15) is 39.2 Å². The molecule has 0 radical (unpaired) electrons. The number of cyclic esters (lactones) is 1. The summed E-state index contributed by atoms with van der Waals surface area (Å²) in [6, 6.07) is 7.59. The largest absolute Gasteiger partial charge is 0.454 e. The van der Waals surface area contributed by atoms with Crippen LogP contribution in [0.2, 0.25) is 0 Å². The lowest BCUT2D eigenvalue weighted by Crippen LogP contribution is -2.34. The van der Waals surface area contributed by atoms with E-state index in [0.717, 1.165) is 35.6 Å². The molecule has 7 nitrogen and oxygen atoms in total.